The van der Waals surface area contributed by atoms with Gasteiger partial charge in [-0.25, -0.2) is 5.48 Å². The molecule has 1 aromatic carbocycles. The molecule has 0 saturated carbocycles. The van der Waals surface area contributed by atoms with E-state index in [1.807, 2.05) is 58.0 Å². The van der Waals surface area contributed by atoms with Crippen LogP contribution in [0.25, 0.3) is 11.3 Å². The van der Waals surface area contributed by atoms with Gasteiger partial charge < -0.3 is 0 Å². The van der Waals surface area contributed by atoms with E-state index >= 15 is 0 Å². The van der Waals surface area contributed by atoms with Crippen LogP contribution in [-0.2, 0) is 4.84 Å². The number of nitrogens with zero attached hydrogens (tertiary/aromatic N) is 1. The van der Waals surface area contributed by atoms with Crippen LogP contribution < -0.4 is 5.48 Å². The molecule has 0 saturated heterocycles. The molecule has 0 aliphatic heterocycles. The van der Waals surface area contributed by atoms with E-state index in [2.05, 4.69) is 15.7 Å². The first kappa shape index (κ1) is 14.3. The number of hydrogen-bond acceptors (Lipinski definition) is 3. The fourth-order valence-electron chi connectivity index (χ4n) is 1.75. The predicted octanol–water partition coefficient (Wildman–Crippen LogP) is 2.85. The van der Waals surface area contributed by atoms with Crippen molar-refractivity contribution in [2.24, 2.45) is 0 Å². The summed E-state index contributed by atoms with van der Waals surface area (Å²) < 4.78 is 0. The molecule has 0 spiro atoms. The van der Waals surface area contributed by atoms with Crippen LogP contribution in [0.2, 0.25) is 0 Å². The number of nitrogens with one attached hydrogen (secondary N) is 2. The Morgan fingerprint density at radius 1 is 1.25 bits per heavy atom. The Labute approximate surface area is 118 Å². The molecule has 5 nitrogen and oxygen atoms in total. The maximum atomic E-state index is 12.0. The second kappa shape index (κ2) is 5.46. The molecule has 0 aliphatic rings. The molecule has 5 heteroatoms. The molecule has 1 aromatic heterocycles. The van der Waals surface area contributed by atoms with E-state index in [1.165, 1.54) is 0 Å². The maximum absolute atomic E-state index is 12.0. The fraction of sp³-hybridized carbons (Fsp3) is 0.333. The molecule has 2 N–H and O–H groups in total. The highest BCUT2D eigenvalue weighted by atomic mass is 16.7. The average Bonchev–Trinajstić information content (AvgIpc) is 2.78. The molecule has 0 unspecified atom stereocenters. The molecule has 2 aromatic rings. The summed E-state index contributed by atoms with van der Waals surface area (Å²) >= 11 is 0. The topological polar surface area (TPSA) is 67.0 Å². The monoisotopic (exact) mass is 273 g/mol. The standard InChI is InChI=1S/C15H19N3O2/c1-10-12(11-8-6-5-7-9-11)16-17-13(10)14(19)18-20-15(2,3)4/h5-9H,1-4H3,(H,16,17)(H,18,19). The third-order valence-corrected chi connectivity index (χ3v) is 2.73. The number of hydroxylamine groups is 1. The number of hydrogen-bond donors (Lipinski definition) is 2. The summed E-state index contributed by atoms with van der Waals surface area (Å²) in [4.78, 5) is 17.3. The number of benzene rings is 1. The highest BCUT2D eigenvalue weighted by Gasteiger charge is 2.19. The van der Waals surface area contributed by atoms with Crippen molar-refractivity contribution in [1.82, 2.24) is 15.7 Å². The van der Waals surface area contributed by atoms with Crippen molar-refractivity contribution in [3.05, 3.63) is 41.6 Å². The Bertz CT molecular complexity index is 597. The summed E-state index contributed by atoms with van der Waals surface area (Å²) in [6.45, 7) is 7.45. The van der Waals surface area contributed by atoms with Gasteiger partial charge in [-0.2, -0.15) is 5.10 Å². The van der Waals surface area contributed by atoms with Crippen LogP contribution in [0.1, 0.15) is 36.8 Å². The van der Waals surface area contributed by atoms with Gasteiger partial charge in [-0.3, -0.25) is 14.7 Å². The summed E-state index contributed by atoms with van der Waals surface area (Å²) in [5, 5.41) is 6.98. The van der Waals surface area contributed by atoms with Crippen molar-refractivity contribution < 1.29 is 9.63 Å². The number of aromatic amines is 1. The first-order valence-electron chi connectivity index (χ1n) is 6.47. The van der Waals surface area contributed by atoms with Crippen LogP contribution >= 0.6 is 0 Å². The lowest BCUT2D eigenvalue weighted by atomic mass is 10.1. The Balaban J connectivity index is 2.19. The van der Waals surface area contributed by atoms with Gasteiger partial charge in [0.2, 0.25) is 0 Å². The quantitative estimate of drug-likeness (QED) is 0.845. The number of aromatic nitrogens is 2. The molecule has 0 aliphatic carbocycles. The van der Waals surface area contributed by atoms with Gasteiger partial charge in [0.05, 0.1) is 11.3 Å². The highest BCUT2D eigenvalue weighted by molar-refractivity contribution is 5.94. The van der Waals surface area contributed by atoms with E-state index in [-0.39, 0.29) is 5.91 Å². The summed E-state index contributed by atoms with van der Waals surface area (Å²) in [7, 11) is 0. The Morgan fingerprint density at radius 2 is 1.90 bits per heavy atom. The number of H-pyrrole nitrogens is 1. The van der Waals surface area contributed by atoms with E-state index in [0.29, 0.717) is 5.69 Å². The van der Waals surface area contributed by atoms with Crippen molar-refractivity contribution in [2.75, 3.05) is 0 Å². The molecule has 0 radical (unpaired) electrons. The zero-order valence-corrected chi connectivity index (χ0v) is 12.2. The van der Waals surface area contributed by atoms with Crippen LogP contribution in [0.5, 0.6) is 0 Å². The van der Waals surface area contributed by atoms with Crippen molar-refractivity contribution in [3.8, 4) is 11.3 Å². The van der Waals surface area contributed by atoms with Crippen molar-refractivity contribution in [3.63, 3.8) is 0 Å². The van der Waals surface area contributed by atoms with Crippen molar-refractivity contribution in [2.45, 2.75) is 33.3 Å². The van der Waals surface area contributed by atoms with E-state index in [9.17, 15) is 4.79 Å². The third kappa shape index (κ3) is 3.24. The summed E-state index contributed by atoms with van der Waals surface area (Å²) in [5.41, 5.74) is 4.94. The molecule has 0 fully saturated rings. The molecule has 0 atom stereocenters. The molecule has 106 valence electrons. The van der Waals surface area contributed by atoms with Gasteiger partial charge in [-0.05, 0) is 27.7 Å². The first-order chi connectivity index (χ1) is 9.38. The second-order valence-electron chi connectivity index (χ2n) is 5.58. The number of carbonyl (C=O) groups is 1. The van der Waals surface area contributed by atoms with Crippen molar-refractivity contribution >= 4 is 5.91 Å². The minimum absolute atomic E-state index is 0.327. The fourth-order valence-corrected chi connectivity index (χ4v) is 1.75. The van der Waals surface area contributed by atoms with Gasteiger partial charge in [-0.1, -0.05) is 30.3 Å². The van der Waals surface area contributed by atoms with Crippen LogP contribution in [0.4, 0.5) is 0 Å². The molecule has 0 bridgehead atoms. The van der Waals surface area contributed by atoms with Gasteiger partial charge in [0.25, 0.3) is 5.91 Å². The summed E-state index contributed by atoms with van der Waals surface area (Å²) in [6, 6.07) is 9.72. The number of rotatable bonds is 3. The van der Waals surface area contributed by atoms with Gasteiger partial charge in [0, 0.05) is 11.1 Å². The smallest absolute Gasteiger partial charge is 0.272 e. The van der Waals surface area contributed by atoms with E-state index in [1.54, 1.807) is 0 Å². The zero-order chi connectivity index (χ0) is 14.8. The number of amides is 1. The lowest BCUT2D eigenvalue weighted by Gasteiger charge is -2.18. The molecular weight excluding hydrogens is 254 g/mol. The zero-order valence-electron chi connectivity index (χ0n) is 12.2. The Morgan fingerprint density at radius 3 is 2.50 bits per heavy atom. The van der Waals surface area contributed by atoms with Gasteiger partial charge in [-0.15, -0.1) is 0 Å². The van der Waals surface area contributed by atoms with Crippen LogP contribution in [0.15, 0.2) is 30.3 Å². The summed E-state index contributed by atoms with van der Waals surface area (Å²) in [5.74, 6) is -0.327. The lowest BCUT2D eigenvalue weighted by molar-refractivity contribution is -0.0591. The second-order valence-corrected chi connectivity index (χ2v) is 5.58. The third-order valence-electron chi connectivity index (χ3n) is 2.73. The predicted molar refractivity (Wildman–Crippen MR) is 77.1 cm³/mol. The molecule has 1 amide bonds. The molecular formula is C15H19N3O2. The van der Waals surface area contributed by atoms with Gasteiger partial charge in [0.15, 0.2) is 0 Å². The minimum atomic E-state index is -0.439. The normalized spacial score (nSPS) is 11.4. The highest BCUT2D eigenvalue weighted by Crippen LogP contribution is 2.22. The van der Waals surface area contributed by atoms with E-state index in [4.69, 9.17) is 4.84 Å². The molecule has 20 heavy (non-hydrogen) atoms. The van der Waals surface area contributed by atoms with Gasteiger partial charge >= 0.3 is 0 Å². The number of carbonyl (C=O) groups excluding carboxylic acids is 1. The summed E-state index contributed by atoms with van der Waals surface area (Å²) in [6.07, 6.45) is 0. The van der Waals surface area contributed by atoms with Crippen molar-refractivity contribution in [1.29, 1.82) is 0 Å². The Kier molecular flexibility index (Phi) is 3.90. The molecule has 2 rings (SSSR count). The maximum Gasteiger partial charge on any atom is 0.293 e. The minimum Gasteiger partial charge on any atom is -0.272 e. The SMILES string of the molecule is Cc1c(-c2ccccc2)n[nH]c1C(=O)NOC(C)(C)C. The first-order valence-corrected chi connectivity index (χ1v) is 6.47. The molecule has 1 heterocycles. The van der Waals surface area contributed by atoms with E-state index in [0.717, 1.165) is 16.8 Å². The van der Waals surface area contributed by atoms with Crippen LogP contribution in [0, 0.1) is 6.92 Å². The van der Waals surface area contributed by atoms with Crippen LogP contribution in [0.3, 0.4) is 0 Å². The Hall–Kier alpha value is -2.14. The lowest BCUT2D eigenvalue weighted by Crippen LogP contribution is -2.34. The van der Waals surface area contributed by atoms with Gasteiger partial charge in [0.1, 0.15) is 5.69 Å². The largest absolute Gasteiger partial charge is 0.293 e. The van der Waals surface area contributed by atoms with Crippen LogP contribution in [-0.4, -0.2) is 21.7 Å². The average molecular weight is 273 g/mol. The van der Waals surface area contributed by atoms with E-state index < -0.39 is 5.60 Å².